The summed E-state index contributed by atoms with van der Waals surface area (Å²) in [5.74, 6) is 0.507. The lowest BCUT2D eigenvalue weighted by atomic mass is 10.1. The molecule has 0 aliphatic carbocycles. The monoisotopic (exact) mass is 252 g/mol. The van der Waals surface area contributed by atoms with Gasteiger partial charge >= 0.3 is 0 Å². The van der Waals surface area contributed by atoms with Crippen LogP contribution in [0.3, 0.4) is 0 Å². The summed E-state index contributed by atoms with van der Waals surface area (Å²) in [4.78, 5) is 8.50. The molecule has 4 nitrogen and oxygen atoms in total. The molecule has 0 amide bonds. The number of benzene rings is 1. The van der Waals surface area contributed by atoms with E-state index in [1.807, 2.05) is 31.2 Å². The molecule has 4 heteroatoms. The Hall–Kier alpha value is -2.41. The molecule has 0 fully saturated rings. The Labute approximate surface area is 113 Å². The zero-order chi connectivity index (χ0) is 13.7. The lowest BCUT2D eigenvalue weighted by Gasteiger charge is -2.17. The highest BCUT2D eigenvalue weighted by Gasteiger charge is 2.11. The van der Waals surface area contributed by atoms with Crippen LogP contribution in [0.2, 0.25) is 0 Å². The van der Waals surface area contributed by atoms with E-state index in [1.54, 1.807) is 6.07 Å². The van der Waals surface area contributed by atoms with E-state index >= 15 is 0 Å². The fourth-order valence-electron chi connectivity index (χ4n) is 1.95. The first kappa shape index (κ1) is 13.0. The van der Waals surface area contributed by atoms with Crippen LogP contribution in [0, 0.1) is 18.3 Å². The van der Waals surface area contributed by atoms with Crippen LogP contribution in [0.15, 0.2) is 36.4 Å². The summed E-state index contributed by atoms with van der Waals surface area (Å²) in [5.41, 5.74) is 2.36. The van der Waals surface area contributed by atoms with E-state index in [0.29, 0.717) is 11.6 Å². The Balaban J connectivity index is 2.24. The van der Waals surface area contributed by atoms with Crippen LogP contribution in [0.25, 0.3) is 0 Å². The van der Waals surface area contributed by atoms with Gasteiger partial charge in [0, 0.05) is 5.69 Å². The van der Waals surface area contributed by atoms with Gasteiger partial charge in [-0.1, -0.05) is 37.3 Å². The molecule has 1 heterocycles. The molecule has 1 unspecified atom stereocenters. The summed E-state index contributed by atoms with van der Waals surface area (Å²) < 4.78 is 0. The number of nitrogens with one attached hydrogen (secondary N) is 1. The second kappa shape index (κ2) is 5.96. The lowest BCUT2D eigenvalue weighted by molar-refractivity contribution is 0.737. The number of nitrogens with zero attached hydrogens (tertiary/aromatic N) is 3. The normalized spacial score (nSPS) is 11.6. The third-order valence-electron chi connectivity index (χ3n) is 2.88. The fraction of sp³-hybridized carbons (Fsp3) is 0.267. The van der Waals surface area contributed by atoms with Crippen molar-refractivity contribution in [3.8, 4) is 6.07 Å². The van der Waals surface area contributed by atoms with Crippen LogP contribution in [0.4, 0.5) is 5.95 Å². The van der Waals surface area contributed by atoms with Crippen LogP contribution < -0.4 is 5.32 Å². The number of nitriles is 1. The van der Waals surface area contributed by atoms with Gasteiger partial charge in [-0.3, -0.25) is 0 Å². The first-order chi connectivity index (χ1) is 9.22. The van der Waals surface area contributed by atoms with Crippen LogP contribution in [0.1, 0.15) is 36.3 Å². The minimum atomic E-state index is 0.148. The minimum absolute atomic E-state index is 0.148. The van der Waals surface area contributed by atoms with Gasteiger partial charge in [-0.05, 0) is 25.0 Å². The van der Waals surface area contributed by atoms with Crippen molar-refractivity contribution in [3.63, 3.8) is 0 Å². The van der Waals surface area contributed by atoms with Crippen LogP contribution in [0.5, 0.6) is 0 Å². The van der Waals surface area contributed by atoms with E-state index < -0.39 is 0 Å². The van der Waals surface area contributed by atoms with Gasteiger partial charge in [-0.2, -0.15) is 5.26 Å². The molecule has 2 rings (SSSR count). The highest BCUT2D eigenvalue weighted by Crippen LogP contribution is 2.20. The first-order valence-corrected chi connectivity index (χ1v) is 6.30. The second-order valence-corrected chi connectivity index (χ2v) is 4.35. The molecule has 1 aromatic heterocycles. The molecule has 1 N–H and O–H groups in total. The summed E-state index contributed by atoms with van der Waals surface area (Å²) >= 11 is 0. The van der Waals surface area contributed by atoms with Gasteiger partial charge in [0.1, 0.15) is 11.8 Å². The van der Waals surface area contributed by atoms with Gasteiger partial charge in [0.2, 0.25) is 5.95 Å². The summed E-state index contributed by atoms with van der Waals surface area (Å²) in [6.45, 7) is 3.96. The van der Waals surface area contributed by atoms with E-state index in [0.717, 1.165) is 12.1 Å². The largest absolute Gasteiger partial charge is 0.347 e. The van der Waals surface area contributed by atoms with Crippen LogP contribution in [-0.4, -0.2) is 9.97 Å². The van der Waals surface area contributed by atoms with Gasteiger partial charge in [0.05, 0.1) is 6.04 Å². The summed E-state index contributed by atoms with van der Waals surface area (Å²) in [6, 6.07) is 14.0. The Morgan fingerprint density at radius 3 is 2.63 bits per heavy atom. The third-order valence-corrected chi connectivity index (χ3v) is 2.88. The van der Waals surface area contributed by atoms with Crippen molar-refractivity contribution in [2.75, 3.05) is 5.32 Å². The molecular formula is C15H16N4. The van der Waals surface area contributed by atoms with Gasteiger partial charge in [0.15, 0.2) is 0 Å². The highest BCUT2D eigenvalue weighted by atomic mass is 15.1. The Bertz CT molecular complexity index is 587. The maximum atomic E-state index is 8.93. The Morgan fingerprint density at radius 1 is 1.26 bits per heavy atom. The van der Waals surface area contributed by atoms with Gasteiger partial charge in [-0.25, -0.2) is 9.97 Å². The smallest absolute Gasteiger partial charge is 0.224 e. The van der Waals surface area contributed by atoms with Gasteiger partial charge < -0.3 is 5.32 Å². The standard InChI is InChI=1S/C15H16N4/c1-3-14(12-7-5-4-6-8-12)19-15-17-11(2)9-13(10-16)18-15/h4-9,14H,3H2,1-2H3,(H,17,18,19). The molecule has 1 aromatic carbocycles. The van der Waals surface area contributed by atoms with Crippen LogP contribution in [-0.2, 0) is 0 Å². The van der Waals surface area contributed by atoms with Gasteiger partial charge in [-0.15, -0.1) is 0 Å². The molecule has 0 saturated heterocycles. The number of hydrogen-bond donors (Lipinski definition) is 1. The molecule has 0 radical (unpaired) electrons. The predicted octanol–water partition coefficient (Wildman–Crippen LogP) is 3.22. The van der Waals surface area contributed by atoms with Crippen molar-refractivity contribution in [3.05, 3.63) is 53.3 Å². The molecule has 0 saturated carbocycles. The fourth-order valence-corrected chi connectivity index (χ4v) is 1.95. The molecule has 2 aromatic rings. The number of rotatable bonds is 4. The lowest BCUT2D eigenvalue weighted by Crippen LogP contribution is -2.12. The molecule has 1 atom stereocenters. The van der Waals surface area contributed by atoms with Crippen molar-refractivity contribution in [2.45, 2.75) is 26.3 Å². The minimum Gasteiger partial charge on any atom is -0.347 e. The average Bonchev–Trinajstić information content (AvgIpc) is 2.45. The molecule has 19 heavy (non-hydrogen) atoms. The zero-order valence-electron chi connectivity index (χ0n) is 11.1. The Kier molecular flexibility index (Phi) is 4.09. The highest BCUT2D eigenvalue weighted by molar-refractivity contribution is 5.36. The number of anilines is 1. The number of aryl methyl sites for hydroxylation is 1. The SMILES string of the molecule is CCC(Nc1nc(C)cc(C#N)n1)c1ccccc1. The number of hydrogen-bond acceptors (Lipinski definition) is 4. The zero-order valence-corrected chi connectivity index (χ0v) is 11.1. The van der Waals surface area contributed by atoms with E-state index in [2.05, 4.69) is 34.3 Å². The van der Waals surface area contributed by atoms with Crippen molar-refractivity contribution < 1.29 is 0 Å². The topological polar surface area (TPSA) is 61.6 Å². The predicted molar refractivity (Wildman–Crippen MR) is 74.6 cm³/mol. The molecule has 0 bridgehead atoms. The summed E-state index contributed by atoms with van der Waals surface area (Å²) in [7, 11) is 0. The van der Waals surface area contributed by atoms with Crippen LogP contribution >= 0.6 is 0 Å². The summed E-state index contributed by atoms with van der Waals surface area (Å²) in [5, 5.41) is 12.2. The maximum Gasteiger partial charge on any atom is 0.224 e. The van der Waals surface area contributed by atoms with E-state index in [4.69, 9.17) is 5.26 Å². The quantitative estimate of drug-likeness (QED) is 0.907. The maximum absolute atomic E-state index is 8.93. The number of aromatic nitrogens is 2. The first-order valence-electron chi connectivity index (χ1n) is 6.30. The van der Waals surface area contributed by atoms with Crippen molar-refractivity contribution in [1.82, 2.24) is 9.97 Å². The van der Waals surface area contributed by atoms with Gasteiger partial charge in [0.25, 0.3) is 0 Å². The third kappa shape index (κ3) is 3.29. The second-order valence-electron chi connectivity index (χ2n) is 4.35. The average molecular weight is 252 g/mol. The summed E-state index contributed by atoms with van der Waals surface area (Å²) in [6.07, 6.45) is 0.920. The van der Waals surface area contributed by atoms with Crippen molar-refractivity contribution in [2.24, 2.45) is 0 Å². The molecule has 0 spiro atoms. The van der Waals surface area contributed by atoms with Crippen molar-refractivity contribution in [1.29, 1.82) is 5.26 Å². The molecular weight excluding hydrogens is 236 g/mol. The molecule has 0 aliphatic heterocycles. The Morgan fingerprint density at radius 2 is 2.00 bits per heavy atom. The van der Waals surface area contributed by atoms with E-state index in [-0.39, 0.29) is 6.04 Å². The van der Waals surface area contributed by atoms with Crippen molar-refractivity contribution >= 4 is 5.95 Å². The molecule has 96 valence electrons. The van der Waals surface area contributed by atoms with E-state index in [9.17, 15) is 0 Å². The molecule has 0 aliphatic rings. The van der Waals surface area contributed by atoms with E-state index in [1.165, 1.54) is 5.56 Å².